The van der Waals surface area contributed by atoms with Gasteiger partial charge in [-0.15, -0.1) is 0 Å². The molecular weight excluding hydrogens is 426 g/mol. The monoisotopic (exact) mass is 449 g/mol. The molecule has 2 heterocycles. The Kier molecular flexibility index (Phi) is 5.95. The van der Waals surface area contributed by atoms with Crippen LogP contribution < -0.4 is 10.6 Å². The van der Waals surface area contributed by atoms with Crippen molar-refractivity contribution in [2.24, 2.45) is 22.4 Å². The van der Waals surface area contributed by atoms with Crippen LogP contribution in [-0.4, -0.2) is 36.1 Å². The molecule has 0 radical (unpaired) electrons. The number of ether oxygens (including phenoxy) is 1. The highest BCUT2D eigenvalue weighted by molar-refractivity contribution is 6.19. The molecule has 2 aliphatic heterocycles. The summed E-state index contributed by atoms with van der Waals surface area (Å²) in [6.07, 6.45) is -0.737. The summed E-state index contributed by atoms with van der Waals surface area (Å²) < 4.78 is 5.58. The topological polar surface area (TPSA) is 123 Å². The standard InChI is InChI=1S/C24H23N3O6/c1-14(2)24(21(29)25-23(31)26-22(24)30)13-32-20(28)17-18(15-9-5-3-6-10-15)27-33-19(17)16-11-7-4-8-12-16/h3-12,14,17,19H,13H2,1-2H3,(H2,25,26,29,30,31)/t17-,19+/m1/s1. The molecule has 4 rings (SSSR count). The lowest BCUT2D eigenvalue weighted by atomic mass is 9.75. The van der Waals surface area contributed by atoms with Crippen LogP contribution in [0.5, 0.6) is 0 Å². The second-order valence-electron chi connectivity index (χ2n) is 8.23. The summed E-state index contributed by atoms with van der Waals surface area (Å²) in [5.41, 5.74) is 0.0671. The van der Waals surface area contributed by atoms with Crippen LogP contribution in [0.25, 0.3) is 0 Å². The first-order valence-electron chi connectivity index (χ1n) is 10.5. The van der Waals surface area contributed by atoms with Gasteiger partial charge in [-0.25, -0.2) is 4.79 Å². The van der Waals surface area contributed by atoms with Gasteiger partial charge in [0.15, 0.2) is 11.5 Å². The lowest BCUT2D eigenvalue weighted by Crippen LogP contribution is -2.66. The van der Waals surface area contributed by atoms with Gasteiger partial charge in [0, 0.05) is 5.56 Å². The Hall–Kier alpha value is -4.01. The number of nitrogens with one attached hydrogen (secondary N) is 2. The van der Waals surface area contributed by atoms with Crippen molar-refractivity contribution in [1.82, 2.24) is 10.6 Å². The highest BCUT2D eigenvalue weighted by Crippen LogP contribution is 2.37. The Morgan fingerprint density at radius 1 is 1.00 bits per heavy atom. The number of esters is 1. The van der Waals surface area contributed by atoms with E-state index in [0.717, 1.165) is 5.56 Å². The highest BCUT2D eigenvalue weighted by atomic mass is 16.6. The summed E-state index contributed by atoms with van der Waals surface area (Å²) >= 11 is 0. The van der Waals surface area contributed by atoms with Crippen LogP contribution in [0, 0.1) is 17.3 Å². The van der Waals surface area contributed by atoms with Gasteiger partial charge in [0.25, 0.3) is 0 Å². The van der Waals surface area contributed by atoms with Gasteiger partial charge in [-0.05, 0) is 11.5 Å². The van der Waals surface area contributed by atoms with Gasteiger partial charge in [-0.2, -0.15) is 0 Å². The van der Waals surface area contributed by atoms with Crippen LogP contribution in [0.3, 0.4) is 0 Å². The van der Waals surface area contributed by atoms with Crippen molar-refractivity contribution in [3.05, 3.63) is 71.8 Å². The van der Waals surface area contributed by atoms with E-state index in [0.29, 0.717) is 11.3 Å². The molecule has 33 heavy (non-hydrogen) atoms. The molecule has 2 aliphatic rings. The molecule has 2 atom stereocenters. The molecule has 9 heteroatoms. The van der Waals surface area contributed by atoms with E-state index in [4.69, 9.17) is 9.57 Å². The predicted octanol–water partition coefficient (Wildman–Crippen LogP) is 2.33. The third-order valence-corrected chi connectivity index (χ3v) is 6.01. The van der Waals surface area contributed by atoms with E-state index in [1.165, 1.54) is 0 Å². The number of oxime groups is 1. The van der Waals surface area contributed by atoms with Crippen LogP contribution in [0.4, 0.5) is 4.79 Å². The van der Waals surface area contributed by atoms with E-state index in [9.17, 15) is 19.2 Å². The van der Waals surface area contributed by atoms with Gasteiger partial charge >= 0.3 is 12.0 Å². The largest absolute Gasteiger partial charge is 0.463 e. The average Bonchev–Trinajstić information content (AvgIpc) is 3.25. The lowest BCUT2D eigenvalue weighted by molar-refractivity contribution is -0.162. The molecule has 1 fully saturated rings. The zero-order chi connectivity index (χ0) is 23.6. The highest BCUT2D eigenvalue weighted by Gasteiger charge is 2.54. The van der Waals surface area contributed by atoms with Crippen molar-refractivity contribution >= 4 is 29.5 Å². The van der Waals surface area contributed by atoms with Crippen molar-refractivity contribution in [3.8, 4) is 0 Å². The maximum absolute atomic E-state index is 13.4. The molecule has 4 amide bonds. The number of hydrogen-bond donors (Lipinski definition) is 2. The Morgan fingerprint density at radius 2 is 1.58 bits per heavy atom. The maximum Gasteiger partial charge on any atom is 0.328 e. The summed E-state index contributed by atoms with van der Waals surface area (Å²) in [5.74, 6) is -3.78. The number of carbonyl (C=O) groups excluding carboxylic acids is 4. The zero-order valence-corrected chi connectivity index (χ0v) is 18.1. The van der Waals surface area contributed by atoms with Crippen LogP contribution in [0.15, 0.2) is 65.8 Å². The van der Waals surface area contributed by atoms with E-state index >= 15 is 0 Å². The molecule has 0 spiro atoms. The molecule has 0 saturated carbocycles. The number of barbiturate groups is 1. The molecule has 2 aromatic carbocycles. The summed E-state index contributed by atoms with van der Waals surface area (Å²) in [6, 6.07) is 17.3. The second-order valence-corrected chi connectivity index (χ2v) is 8.23. The molecule has 2 aromatic rings. The van der Waals surface area contributed by atoms with Crippen LogP contribution >= 0.6 is 0 Å². The van der Waals surface area contributed by atoms with Crippen LogP contribution in [-0.2, 0) is 24.0 Å². The SMILES string of the molecule is CC(C)C1(COC(=O)[C@@H]2C(c3ccccc3)=NO[C@H]2c2ccccc2)C(=O)NC(=O)NC1=O. The van der Waals surface area contributed by atoms with Gasteiger partial charge in [-0.1, -0.05) is 79.7 Å². The number of benzene rings is 2. The zero-order valence-electron chi connectivity index (χ0n) is 18.1. The van der Waals surface area contributed by atoms with E-state index < -0.39 is 53.8 Å². The number of imide groups is 2. The van der Waals surface area contributed by atoms with Crippen molar-refractivity contribution in [1.29, 1.82) is 0 Å². The van der Waals surface area contributed by atoms with Gasteiger partial charge in [0.1, 0.15) is 18.2 Å². The number of urea groups is 1. The van der Waals surface area contributed by atoms with Gasteiger partial charge in [0.2, 0.25) is 11.8 Å². The fourth-order valence-electron chi connectivity index (χ4n) is 4.01. The first-order chi connectivity index (χ1) is 15.8. The Balaban J connectivity index is 1.63. The van der Waals surface area contributed by atoms with E-state index in [2.05, 4.69) is 15.8 Å². The molecule has 0 bridgehead atoms. The van der Waals surface area contributed by atoms with Crippen molar-refractivity contribution in [2.75, 3.05) is 6.61 Å². The molecule has 0 unspecified atom stereocenters. The molecule has 9 nitrogen and oxygen atoms in total. The first-order valence-corrected chi connectivity index (χ1v) is 10.5. The number of rotatable bonds is 6. The van der Waals surface area contributed by atoms with Crippen LogP contribution in [0.1, 0.15) is 31.1 Å². The van der Waals surface area contributed by atoms with Crippen molar-refractivity contribution in [3.63, 3.8) is 0 Å². The van der Waals surface area contributed by atoms with Crippen molar-refractivity contribution < 1.29 is 28.8 Å². The van der Waals surface area contributed by atoms with E-state index in [-0.39, 0.29) is 0 Å². The molecule has 2 N–H and O–H groups in total. The minimum atomic E-state index is -1.74. The smallest absolute Gasteiger partial charge is 0.328 e. The summed E-state index contributed by atoms with van der Waals surface area (Å²) in [6.45, 7) is 2.75. The normalized spacial score (nSPS) is 21.7. The molecular formula is C24H23N3O6. The third kappa shape index (κ3) is 3.97. The third-order valence-electron chi connectivity index (χ3n) is 6.01. The Labute approximate surface area is 190 Å². The molecule has 170 valence electrons. The minimum absolute atomic E-state index is 0.390. The van der Waals surface area contributed by atoms with Gasteiger partial charge in [-0.3, -0.25) is 25.0 Å². The van der Waals surface area contributed by atoms with Gasteiger partial charge < -0.3 is 9.57 Å². The molecule has 0 aromatic heterocycles. The van der Waals surface area contributed by atoms with E-state index in [1.807, 2.05) is 48.5 Å². The lowest BCUT2D eigenvalue weighted by Gasteiger charge is -2.36. The first kappa shape index (κ1) is 22.2. The number of hydrogen-bond acceptors (Lipinski definition) is 7. The number of amides is 4. The fourth-order valence-corrected chi connectivity index (χ4v) is 4.01. The second kappa shape index (κ2) is 8.85. The summed E-state index contributed by atoms with van der Waals surface area (Å²) in [7, 11) is 0. The minimum Gasteiger partial charge on any atom is -0.463 e. The fraction of sp³-hybridized carbons (Fsp3) is 0.292. The maximum atomic E-state index is 13.4. The van der Waals surface area contributed by atoms with Gasteiger partial charge in [0.05, 0.1) is 0 Å². The molecule has 0 aliphatic carbocycles. The Bertz CT molecular complexity index is 1090. The summed E-state index contributed by atoms with van der Waals surface area (Å²) in [5, 5.41) is 8.36. The van der Waals surface area contributed by atoms with Crippen LogP contribution in [0.2, 0.25) is 0 Å². The predicted molar refractivity (Wildman–Crippen MR) is 117 cm³/mol. The van der Waals surface area contributed by atoms with Crippen molar-refractivity contribution in [2.45, 2.75) is 20.0 Å². The Morgan fingerprint density at radius 3 is 2.15 bits per heavy atom. The molecule has 1 saturated heterocycles. The number of carbonyl (C=O) groups is 4. The summed E-state index contributed by atoms with van der Waals surface area (Å²) in [4.78, 5) is 55.9. The number of nitrogens with zero attached hydrogens (tertiary/aromatic N) is 1. The average molecular weight is 449 g/mol. The quantitative estimate of drug-likeness (QED) is 0.515. The van der Waals surface area contributed by atoms with E-state index in [1.54, 1.807) is 26.0 Å².